The fourth-order valence-electron chi connectivity index (χ4n) is 1.59. The van der Waals surface area contributed by atoms with Gasteiger partial charge in [-0.3, -0.25) is 0 Å². The zero-order chi connectivity index (χ0) is 12.3. The number of hydrogen-bond donors (Lipinski definition) is 0. The zero-order valence-electron chi connectivity index (χ0n) is 10.4. The number of benzene rings is 1. The summed E-state index contributed by atoms with van der Waals surface area (Å²) in [6, 6.07) is 3.87. The van der Waals surface area contributed by atoms with Crippen LogP contribution in [-0.4, -0.2) is 14.2 Å². The maximum Gasteiger partial charge on any atom is 0.161 e. The lowest BCUT2D eigenvalue weighted by molar-refractivity contribution is 0.354. The number of rotatable bonds is 4. The molecule has 0 aromatic heterocycles. The summed E-state index contributed by atoms with van der Waals surface area (Å²) in [5.74, 6) is 1.43. The third kappa shape index (κ3) is 2.27. The first-order valence-corrected chi connectivity index (χ1v) is 5.09. The summed E-state index contributed by atoms with van der Waals surface area (Å²) in [6.45, 7) is 11.9. The van der Waals surface area contributed by atoms with E-state index < -0.39 is 0 Å². The highest BCUT2D eigenvalue weighted by atomic mass is 16.5. The summed E-state index contributed by atoms with van der Waals surface area (Å²) in [6.07, 6.45) is 0. The van der Waals surface area contributed by atoms with Crippen molar-refractivity contribution in [1.29, 1.82) is 0 Å². The van der Waals surface area contributed by atoms with Gasteiger partial charge in [-0.15, -0.1) is 0 Å². The molecule has 0 saturated heterocycles. The maximum atomic E-state index is 5.27. The molecule has 0 spiro atoms. The smallest absolute Gasteiger partial charge is 0.161 e. The first-order valence-electron chi connectivity index (χ1n) is 5.09. The van der Waals surface area contributed by atoms with Crippen molar-refractivity contribution in [3.8, 4) is 11.5 Å². The SMILES string of the molecule is C=C(C)c1cc(OC)c(OC)cc1C(=C)C. The van der Waals surface area contributed by atoms with Crippen LogP contribution in [0.3, 0.4) is 0 Å². The van der Waals surface area contributed by atoms with Gasteiger partial charge >= 0.3 is 0 Å². The van der Waals surface area contributed by atoms with E-state index >= 15 is 0 Å². The minimum Gasteiger partial charge on any atom is -0.493 e. The van der Waals surface area contributed by atoms with E-state index in [0.717, 1.165) is 22.3 Å². The van der Waals surface area contributed by atoms with E-state index in [9.17, 15) is 0 Å². The molecule has 0 saturated carbocycles. The highest BCUT2D eigenvalue weighted by molar-refractivity contribution is 5.79. The van der Waals surface area contributed by atoms with Gasteiger partial charge in [-0.2, -0.15) is 0 Å². The molecule has 0 radical (unpaired) electrons. The molecule has 0 unspecified atom stereocenters. The average Bonchev–Trinajstić information content (AvgIpc) is 2.26. The van der Waals surface area contributed by atoms with E-state index in [0.29, 0.717) is 11.5 Å². The Hall–Kier alpha value is -1.70. The number of ether oxygens (including phenoxy) is 2. The minimum atomic E-state index is 0.713. The van der Waals surface area contributed by atoms with E-state index in [-0.39, 0.29) is 0 Å². The monoisotopic (exact) mass is 218 g/mol. The molecule has 0 heterocycles. The largest absolute Gasteiger partial charge is 0.493 e. The molecule has 0 bridgehead atoms. The first kappa shape index (κ1) is 12.4. The van der Waals surface area contributed by atoms with Gasteiger partial charge in [0.2, 0.25) is 0 Å². The first-order chi connectivity index (χ1) is 7.51. The Bertz CT molecular complexity index is 390. The minimum absolute atomic E-state index is 0.713. The van der Waals surface area contributed by atoms with Crippen LogP contribution in [0.15, 0.2) is 25.3 Å². The lowest BCUT2D eigenvalue weighted by Crippen LogP contribution is -1.96. The van der Waals surface area contributed by atoms with Crippen LogP contribution in [-0.2, 0) is 0 Å². The van der Waals surface area contributed by atoms with E-state index in [1.807, 2.05) is 26.0 Å². The Morgan fingerprint density at radius 3 is 1.38 bits per heavy atom. The van der Waals surface area contributed by atoms with Crippen LogP contribution in [0.25, 0.3) is 11.1 Å². The topological polar surface area (TPSA) is 18.5 Å². The third-order valence-corrected chi connectivity index (χ3v) is 2.44. The molecule has 2 nitrogen and oxygen atoms in total. The van der Waals surface area contributed by atoms with Crippen LogP contribution < -0.4 is 9.47 Å². The fraction of sp³-hybridized carbons (Fsp3) is 0.286. The van der Waals surface area contributed by atoms with Gasteiger partial charge in [0.15, 0.2) is 11.5 Å². The molecule has 86 valence electrons. The predicted molar refractivity (Wildman–Crippen MR) is 69.0 cm³/mol. The van der Waals surface area contributed by atoms with Crippen molar-refractivity contribution >= 4 is 11.1 Å². The van der Waals surface area contributed by atoms with Crippen molar-refractivity contribution in [3.63, 3.8) is 0 Å². The van der Waals surface area contributed by atoms with Crippen molar-refractivity contribution in [1.82, 2.24) is 0 Å². The quantitative estimate of drug-likeness (QED) is 0.765. The highest BCUT2D eigenvalue weighted by Crippen LogP contribution is 2.35. The standard InChI is InChI=1S/C14H18O2/c1-9(2)11-7-13(15-5)14(16-6)8-12(11)10(3)4/h7-8H,1,3H2,2,4-6H3. The van der Waals surface area contributed by atoms with Gasteiger partial charge in [-0.1, -0.05) is 24.3 Å². The lowest BCUT2D eigenvalue weighted by atomic mass is 9.96. The van der Waals surface area contributed by atoms with Gasteiger partial charge in [-0.25, -0.2) is 0 Å². The molecular formula is C14H18O2. The summed E-state index contributed by atoms with van der Waals surface area (Å²) >= 11 is 0. The second-order valence-electron chi connectivity index (χ2n) is 3.81. The van der Waals surface area contributed by atoms with Crippen LogP contribution >= 0.6 is 0 Å². The van der Waals surface area contributed by atoms with Gasteiger partial charge in [0.05, 0.1) is 14.2 Å². The molecule has 1 aromatic rings. The van der Waals surface area contributed by atoms with E-state index in [1.165, 1.54) is 0 Å². The Kier molecular flexibility index (Phi) is 3.78. The number of hydrogen-bond acceptors (Lipinski definition) is 2. The Balaban J connectivity index is 3.47. The Labute approximate surface area is 97.2 Å². The van der Waals surface area contributed by atoms with Gasteiger partial charge in [0.25, 0.3) is 0 Å². The maximum absolute atomic E-state index is 5.27. The van der Waals surface area contributed by atoms with E-state index in [4.69, 9.17) is 9.47 Å². The zero-order valence-corrected chi connectivity index (χ0v) is 10.4. The molecular weight excluding hydrogens is 200 g/mol. The van der Waals surface area contributed by atoms with Gasteiger partial charge < -0.3 is 9.47 Å². The van der Waals surface area contributed by atoms with Crippen molar-refractivity contribution in [2.45, 2.75) is 13.8 Å². The van der Waals surface area contributed by atoms with Crippen LogP contribution in [0.4, 0.5) is 0 Å². The van der Waals surface area contributed by atoms with Crippen molar-refractivity contribution in [2.75, 3.05) is 14.2 Å². The van der Waals surface area contributed by atoms with Crippen LogP contribution in [0.2, 0.25) is 0 Å². The molecule has 0 fully saturated rings. The molecule has 0 amide bonds. The van der Waals surface area contributed by atoms with Crippen molar-refractivity contribution in [3.05, 3.63) is 36.4 Å². The summed E-state index contributed by atoms with van der Waals surface area (Å²) < 4.78 is 10.5. The van der Waals surface area contributed by atoms with E-state index in [1.54, 1.807) is 14.2 Å². The molecule has 0 aliphatic heterocycles. The number of methoxy groups -OCH3 is 2. The molecule has 0 aliphatic carbocycles. The third-order valence-electron chi connectivity index (χ3n) is 2.44. The van der Waals surface area contributed by atoms with Gasteiger partial charge in [0, 0.05) is 0 Å². The van der Waals surface area contributed by atoms with Gasteiger partial charge in [-0.05, 0) is 37.1 Å². The van der Waals surface area contributed by atoms with Crippen LogP contribution in [0.5, 0.6) is 11.5 Å². The average molecular weight is 218 g/mol. The molecule has 1 rings (SSSR count). The summed E-state index contributed by atoms with van der Waals surface area (Å²) in [5, 5.41) is 0. The predicted octanol–water partition coefficient (Wildman–Crippen LogP) is 3.77. The van der Waals surface area contributed by atoms with E-state index in [2.05, 4.69) is 13.2 Å². The molecule has 16 heavy (non-hydrogen) atoms. The fourth-order valence-corrected chi connectivity index (χ4v) is 1.59. The molecule has 2 heteroatoms. The highest BCUT2D eigenvalue weighted by Gasteiger charge is 2.11. The Morgan fingerprint density at radius 2 is 1.19 bits per heavy atom. The second kappa shape index (κ2) is 4.88. The lowest BCUT2D eigenvalue weighted by Gasteiger charge is -2.14. The molecule has 1 aromatic carbocycles. The normalized spacial score (nSPS) is 9.75. The summed E-state index contributed by atoms with van der Waals surface area (Å²) in [5.41, 5.74) is 4.06. The molecule has 0 aliphatic rings. The van der Waals surface area contributed by atoms with Gasteiger partial charge in [0.1, 0.15) is 0 Å². The Morgan fingerprint density at radius 1 is 0.875 bits per heavy atom. The second-order valence-corrected chi connectivity index (χ2v) is 3.81. The van der Waals surface area contributed by atoms with Crippen molar-refractivity contribution < 1.29 is 9.47 Å². The summed E-state index contributed by atoms with van der Waals surface area (Å²) in [7, 11) is 3.25. The molecule has 0 N–H and O–H groups in total. The van der Waals surface area contributed by atoms with Crippen LogP contribution in [0, 0.1) is 0 Å². The summed E-state index contributed by atoms with van der Waals surface area (Å²) in [4.78, 5) is 0. The number of allylic oxidation sites excluding steroid dienone is 2. The van der Waals surface area contributed by atoms with Crippen LogP contribution in [0.1, 0.15) is 25.0 Å². The molecule has 0 atom stereocenters. The van der Waals surface area contributed by atoms with Crippen molar-refractivity contribution in [2.24, 2.45) is 0 Å².